The molecule has 0 spiro atoms. The van der Waals surface area contributed by atoms with E-state index in [9.17, 15) is 9.90 Å². The van der Waals surface area contributed by atoms with Gasteiger partial charge in [0.2, 0.25) is 0 Å². The Bertz CT molecular complexity index is 366. The molecule has 0 aliphatic carbocycles. The molecule has 0 radical (unpaired) electrons. The summed E-state index contributed by atoms with van der Waals surface area (Å²) in [4.78, 5) is 11.5. The number of esters is 1. The zero-order valence-electron chi connectivity index (χ0n) is 13.4. The minimum Gasteiger partial charge on any atom is -0.452 e. The Hall–Kier alpha value is -1.27. The number of carbonyl (C=O) groups excluding carboxylic acids is 1. The highest BCUT2D eigenvalue weighted by Crippen LogP contribution is 2.14. The third kappa shape index (κ3) is 8.77. The van der Waals surface area contributed by atoms with E-state index in [-0.39, 0.29) is 18.5 Å². The van der Waals surface area contributed by atoms with Gasteiger partial charge in [0, 0.05) is 5.92 Å². The summed E-state index contributed by atoms with van der Waals surface area (Å²) in [6.07, 6.45) is 6.47. The Morgan fingerprint density at radius 3 is 2.60 bits per heavy atom. The third-order valence-electron chi connectivity index (χ3n) is 2.79. The topological polar surface area (TPSA) is 46.5 Å². The predicted molar refractivity (Wildman–Crippen MR) is 82.0 cm³/mol. The maximum atomic E-state index is 11.5. The minimum absolute atomic E-state index is 0.0761. The highest BCUT2D eigenvalue weighted by atomic mass is 16.5. The van der Waals surface area contributed by atoms with Crippen molar-refractivity contribution >= 4 is 5.97 Å². The zero-order chi connectivity index (χ0) is 15.6. The fourth-order valence-electron chi connectivity index (χ4n) is 1.33. The fraction of sp³-hybridized carbons (Fsp3) is 0.706. The highest BCUT2D eigenvalue weighted by Gasteiger charge is 2.22. The van der Waals surface area contributed by atoms with Crippen LogP contribution in [0.15, 0.2) is 12.2 Å². The van der Waals surface area contributed by atoms with E-state index in [1.165, 1.54) is 0 Å². The molecule has 1 N–H and O–H groups in total. The van der Waals surface area contributed by atoms with Crippen LogP contribution >= 0.6 is 0 Å². The molecule has 0 aliphatic heterocycles. The largest absolute Gasteiger partial charge is 0.452 e. The molecule has 0 amide bonds. The number of carbonyl (C=O) groups is 1. The van der Waals surface area contributed by atoms with Gasteiger partial charge in [0.25, 0.3) is 0 Å². The van der Waals surface area contributed by atoms with Crippen molar-refractivity contribution in [1.82, 2.24) is 0 Å². The first-order valence-electron chi connectivity index (χ1n) is 7.29. The monoisotopic (exact) mass is 280 g/mol. The van der Waals surface area contributed by atoms with E-state index in [0.29, 0.717) is 0 Å². The van der Waals surface area contributed by atoms with E-state index < -0.39 is 11.5 Å². The number of hydrogen-bond acceptors (Lipinski definition) is 3. The number of rotatable bonds is 6. The summed E-state index contributed by atoms with van der Waals surface area (Å²) < 4.78 is 5.04. The SMILES string of the molecule is CCCC/C=C/[C@H](O)[C@H](C)C#CCOC(=O)C(C)(C)C. The molecule has 0 aromatic rings. The second kappa shape index (κ2) is 9.61. The van der Waals surface area contributed by atoms with E-state index >= 15 is 0 Å². The van der Waals surface area contributed by atoms with Gasteiger partial charge >= 0.3 is 5.97 Å². The summed E-state index contributed by atoms with van der Waals surface area (Å²) in [5, 5.41) is 9.86. The average molecular weight is 280 g/mol. The van der Waals surface area contributed by atoms with Crippen LogP contribution in [0.2, 0.25) is 0 Å². The van der Waals surface area contributed by atoms with Gasteiger partial charge in [-0.05, 0) is 34.1 Å². The molecule has 0 aromatic heterocycles. The average Bonchev–Trinajstić information content (AvgIpc) is 2.37. The predicted octanol–water partition coefficient (Wildman–Crippen LogP) is 3.32. The first-order valence-corrected chi connectivity index (χ1v) is 7.29. The van der Waals surface area contributed by atoms with Gasteiger partial charge in [-0.3, -0.25) is 4.79 Å². The number of aliphatic hydroxyl groups excluding tert-OH is 1. The van der Waals surface area contributed by atoms with Crippen molar-refractivity contribution in [3.05, 3.63) is 12.2 Å². The number of ether oxygens (including phenoxy) is 1. The lowest BCUT2D eigenvalue weighted by Gasteiger charge is -2.15. The summed E-state index contributed by atoms with van der Waals surface area (Å²) in [7, 11) is 0. The molecule has 0 fully saturated rings. The van der Waals surface area contributed by atoms with Gasteiger partial charge in [0.15, 0.2) is 6.61 Å². The Morgan fingerprint density at radius 1 is 1.40 bits per heavy atom. The van der Waals surface area contributed by atoms with Crippen molar-refractivity contribution in [1.29, 1.82) is 0 Å². The molecule has 3 nitrogen and oxygen atoms in total. The molecule has 0 aromatic carbocycles. The molecule has 114 valence electrons. The Morgan fingerprint density at radius 2 is 2.05 bits per heavy atom. The molecular formula is C17H28O3. The van der Waals surface area contributed by atoms with Crippen molar-refractivity contribution in [2.75, 3.05) is 6.61 Å². The molecular weight excluding hydrogens is 252 g/mol. The Balaban J connectivity index is 4.08. The van der Waals surface area contributed by atoms with Crippen LogP contribution in [-0.2, 0) is 9.53 Å². The highest BCUT2D eigenvalue weighted by molar-refractivity contribution is 5.75. The molecule has 0 rings (SSSR count). The number of unbranched alkanes of at least 4 members (excludes halogenated alkanes) is 2. The maximum absolute atomic E-state index is 11.5. The Kier molecular flexibility index (Phi) is 9.00. The molecule has 0 saturated carbocycles. The van der Waals surface area contributed by atoms with Crippen LogP contribution in [0.4, 0.5) is 0 Å². The fourth-order valence-corrected chi connectivity index (χ4v) is 1.33. The second-order valence-corrected chi connectivity index (χ2v) is 6.00. The van der Waals surface area contributed by atoms with Crippen molar-refractivity contribution in [2.45, 2.75) is 60.0 Å². The first kappa shape index (κ1) is 18.7. The molecule has 0 unspecified atom stereocenters. The lowest BCUT2D eigenvalue weighted by molar-refractivity contribution is -0.151. The van der Waals surface area contributed by atoms with Gasteiger partial charge in [0.1, 0.15) is 0 Å². The van der Waals surface area contributed by atoms with Crippen molar-refractivity contribution in [3.8, 4) is 11.8 Å². The molecule has 0 bridgehead atoms. The lowest BCUT2D eigenvalue weighted by Crippen LogP contribution is -2.23. The molecule has 0 aliphatic rings. The van der Waals surface area contributed by atoms with Crippen LogP contribution in [0, 0.1) is 23.2 Å². The summed E-state index contributed by atoms with van der Waals surface area (Å²) in [6.45, 7) is 9.47. The normalized spacial score (nSPS) is 14.5. The van der Waals surface area contributed by atoms with Gasteiger partial charge in [0.05, 0.1) is 11.5 Å². The van der Waals surface area contributed by atoms with Crippen LogP contribution < -0.4 is 0 Å². The van der Waals surface area contributed by atoms with Gasteiger partial charge in [-0.1, -0.05) is 43.8 Å². The minimum atomic E-state index is -0.572. The second-order valence-electron chi connectivity index (χ2n) is 6.00. The third-order valence-corrected chi connectivity index (χ3v) is 2.79. The molecule has 20 heavy (non-hydrogen) atoms. The van der Waals surface area contributed by atoms with Crippen molar-refractivity contribution in [2.24, 2.45) is 11.3 Å². The van der Waals surface area contributed by atoms with E-state index in [2.05, 4.69) is 18.8 Å². The number of hydrogen-bond donors (Lipinski definition) is 1. The Labute approximate surface area is 123 Å². The zero-order valence-corrected chi connectivity index (χ0v) is 13.4. The molecule has 2 atom stereocenters. The van der Waals surface area contributed by atoms with E-state index in [4.69, 9.17) is 4.74 Å². The van der Waals surface area contributed by atoms with Crippen LogP contribution in [-0.4, -0.2) is 23.8 Å². The van der Waals surface area contributed by atoms with E-state index in [0.717, 1.165) is 19.3 Å². The maximum Gasteiger partial charge on any atom is 0.312 e. The number of allylic oxidation sites excluding steroid dienone is 1. The molecule has 0 heterocycles. The quantitative estimate of drug-likeness (QED) is 0.351. The van der Waals surface area contributed by atoms with Gasteiger partial charge in [-0.2, -0.15) is 0 Å². The van der Waals surface area contributed by atoms with Crippen molar-refractivity contribution in [3.63, 3.8) is 0 Å². The molecule has 0 saturated heterocycles. The van der Waals surface area contributed by atoms with Crippen LogP contribution in [0.1, 0.15) is 53.9 Å². The standard InChI is InChI=1S/C17H28O3/c1-6-7-8-9-12-15(18)14(2)11-10-13-20-16(19)17(3,4)5/h9,12,14-15,18H,6-8,13H2,1-5H3/b12-9+/t14-,15+/m1/s1. The smallest absolute Gasteiger partial charge is 0.312 e. The summed E-state index contributed by atoms with van der Waals surface area (Å²) in [5.74, 6) is 5.26. The van der Waals surface area contributed by atoms with Crippen LogP contribution in [0.3, 0.4) is 0 Å². The first-order chi connectivity index (χ1) is 9.29. The summed E-state index contributed by atoms with van der Waals surface area (Å²) in [5.41, 5.74) is -0.505. The van der Waals surface area contributed by atoms with Gasteiger partial charge in [-0.15, -0.1) is 0 Å². The van der Waals surface area contributed by atoms with Gasteiger partial charge in [-0.25, -0.2) is 0 Å². The summed E-state index contributed by atoms with van der Waals surface area (Å²) >= 11 is 0. The van der Waals surface area contributed by atoms with Crippen molar-refractivity contribution < 1.29 is 14.6 Å². The summed E-state index contributed by atoms with van der Waals surface area (Å²) in [6, 6.07) is 0. The van der Waals surface area contributed by atoms with Crippen LogP contribution in [0.25, 0.3) is 0 Å². The molecule has 3 heteroatoms. The number of aliphatic hydroxyl groups is 1. The van der Waals surface area contributed by atoms with Crippen LogP contribution in [0.5, 0.6) is 0 Å². The van der Waals surface area contributed by atoms with E-state index in [1.807, 2.05) is 13.0 Å². The van der Waals surface area contributed by atoms with E-state index in [1.54, 1.807) is 26.8 Å². The lowest BCUT2D eigenvalue weighted by atomic mass is 9.97. The van der Waals surface area contributed by atoms with Gasteiger partial charge < -0.3 is 9.84 Å².